The number of carbonyl (C=O) groups is 2. The summed E-state index contributed by atoms with van der Waals surface area (Å²) in [5.74, 6) is -1.91. The lowest BCUT2D eigenvalue weighted by Crippen LogP contribution is -2.29. The summed E-state index contributed by atoms with van der Waals surface area (Å²) in [6, 6.07) is 10.4. The summed E-state index contributed by atoms with van der Waals surface area (Å²) in [4.78, 5) is 25.4. The first-order valence-corrected chi connectivity index (χ1v) is 8.97. The number of aromatic nitrogens is 3. The van der Waals surface area contributed by atoms with Crippen molar-refractivity contribution in [3.63, 3.8) is 0 Å². The van der Waals surface area contributed by atoms with Crippen molar-refractivity contribution in [2.24, 2.45) is 0 Å². The maximum Gasteiger partial charge on any atom is 0.435 e. The Bertz CT molecular complexity index is 1090. The van der Waals surface area contributed by atoms with Gasteiger partial charge in [-0.15, -0.1) is 5.10 Å². The lowest BCUT2D eigenvalue weighted by atomic mass is 10.1. The van der Waals surface area contributed by atoms with E-state index in [0.29, 0.717) is 15.8 Å². The van der Waals surface area contributed by atoms with Crippen LogP contribution in [0.5, 0.6) is 0 Å². The molecule has 0 unspecified atom stereocenters. The number of halogens is 4. The molecule has 31 heavy (non-hydrogen) atoms. The highest BCUT2D eigenvalue weighted by molar-refractivity contribution is 5.94. The van der Waals surface area contributed by atoms with E-state index >= 15 is 0 Å². The molecule has 162 valence electrons. The molecule has 1 heterocycles. The van der Waals surface area contributed by atoms with Gasteiger partial charge in [0.2, 0.25) is 0 Å². The molecule has 0 atom stereocenters. The fraction of sp³-hybridized carbons (Fsp3) is 0.200. The van der Waals surface area contributed by atoms with Crippen LogP contribution in [0.25, 0.3) is 5.69 Å². The smallest absolute Gasteiger partial charge is 0.355 e. The molecule has 1 N–H and O–H groups in total. The summed E-state index contributed by atoms with van der Waals surface area (Å²) < 4.78 is 54.8. The third kappa shape index (κ3) is 4.71. The van der Waals surface area contributed by atoms with Crippen LogP contribution >= 0.6 is 0 Å². The Morgan fingerprint density at radius 2 is 1.68 bits per heavy atom. The molecule has 7 nitrogen and oxygen atoms in total. The molecule has 1 aromatic heterocycles. The van der Waals surface area contributed by atoms with Gasteiger partial charge in [-0.3, -0.25) is 9.59 Å². The minimum absolute atomic E-state index is 0.0203. The molecule has 0 radical (unpaired) electrons. The molecule has 0 aliphatic heterocycles. The van der Waals surface area contributed by atoms with Crippen molar-refractivity contribution in [1.29, 1.82) is 0 Å². The van der Waals surface area contributed by atoms with Crippen molar-refractivity contribution in [1.82, 2.24) is 25.2 Å². The number of hydrogen-bond acceptors (Lipinski definition) is 4. The van der Waals surface area contributed by atoms with Gasteiger partial charge in [-0.1, -0.05) is 17.3 Å². The fourth-order valence-electron chi connectivity index (χ4n) is 2.88. The van der Waals surface area contributed by atoms with Crippen LogP contribution in [0.3, 0.4) is 0 Å². The van der Waals surface area contributed by atoms with E-state index in [1.807, 2.05) is 0 Å². The van der Waals surface area contributed by atoms with Crippen LogP contribution in [-0.4, -0.2) is 45.8 Å². The Morgan fingerprint density at radius 1 is 1.06 bits per heavy atom. The topological polar surface area (TPSA) is 80.1 Å². The maximum absolute atomic E-state index is 13.7. The van der Waals surface area contributed by atoms with Gasteiger partial charge in [0, 0.05) is 26.2 Å². The molecule has 3 aromatic rings. The number of amides is 2. The van der Waals surface area contributed by atoms with E-state index in [0.717, 1.165) is 29.2 Å². The summed E-state index contributed by atoms with van der Waals surface area (Å²) >= 11 is 0. The minimum Gasteiger partial charge on any atom is -0.355 e. The zero-order chi connectivity index (χ0) is 22.8. The molecule has 0 saturated heterocycles. The highest BCUT2D eigenvalue weighted by Gasteiger charge is 2.42. The van der Waals surface area contributed by atoms with Crippen LogP contribution in [0.4, 0.5) is 17.6 Å². The van der Waals surface area contributed by atoms with Gasteiger partial charge >= 0.3 is 6.18 Å². The van der Waals surface area contributed by atoms with Crippen molar-refractivity contribution < 1.29 is 27.2 Å². The number of nitrogens with zero attached hydrogens (tertiary/aromatic N) is 4. The van der Waals surface area contributed by atoms with Crippen LogP contribution in [0.15, 0.2) is 48.5 Å². The molecule has 0 spiro atoms. The zero-order valence-corrected chi connectivity index (χ0v) is 16.4. The van der Waals surface area contributed by atoms with Crippen LogP contribution in [0, 0.1) is 5.82 Å². The van der Waals surface area contributed by atoms with Gasteiger partial charge in [0.1, 0.15) is 5.82 Å². The Morgan fingerprint density at radius 3 is 2.23 bits per heavy atom. The zero-order valence-electron chi connectivity index (χ0n) is 16.4. The Hall–Kier alpha value is -3.76. The number of alkyl halides is 3. The van der Waals surface area contributed by atoms with E-state index in [-0.39, 0.29) is 18.1 Å². The second kappa shape index (κ2) is 8.54. The van der Waals surface area contributed by atoms with Gasteiger partial charge in [-0.05, 0) is 42.0 Å². The molecule has 0 aliphatic carbocycles. The molecular formula is C20H17F4N5O2. The Kier molecular flexibility index (Phi) is 6.04. The van der Waals surface area contributed by atoms with E-state index in [1.54, 1.807) is 24.3 Å². The number of nitrogens with one attached hydrogen (secondary N) is 1. The molecule has 3 rings (SSSR count). The van der Waals surface area contributed by atoms with Gasteiger partial charge in [0.15, 0.2) is 11.4 Å². The van der Waals surface area contributed by atoms with Crippen LogP contribution < -0.4 is 5.32 Å². The van der Waals surface area contributed by atoms with E-state index < -0.39 is 29.3 Å². The Labute approximate surface area is 174 Å². The van der Waals surface area contributed by atoms with Crippen LogP contribution in [0.1, 0.15) is 32.1 Å². The largest absolute Gasteiger partial charge is 0.435 e. The second-order valence-electron chi connectivity index (χ2n) is 6.61. The quantitative estimate of drug-likeness (QED) is 0.625. The van der Waals surface area contributed by atoms with E-state index in [9.17, 15) is 27.2 Å². The van der Waals surface area contributed by atoms with Crippen LogP contribution in [-0.2, 0) is 12.7 Å². The van der Waals surface area contributed by atoms with Gasteiger partial charge in [0.05, 0.1) is 5.69 Å². The first-order valence-electron chi connectivity index (χ1n) is 8.97. The lowest BCUT2D eigenvalue weighted by Gasteiger charge is -2.18. The Balaban J connectivity index is 1.88. The predicted octanol–water partition coefficient (Wildman–Crippen LogP) is 3.06. The first-order chi connectivity index (χ1) is 14.6. The van der Waals surface area contributed by atoms with Gasteiger partial charge in [0.25, 0.3) is 11.8 Å². The number of rotatable bonds is 5. The summed E-state index contributed by atoms with van der Waals surface area (Å²) in [6.45, 7) is -0.0203. The summed E-state index contributed by atoms with van der Waals surface area (Å²) in [6.07, 6.45) is -4.93. The minimum atomic E-state index is -4.93. The molecule has 2 aromatic carbocycles. The highest BCUT2D eigenvalue weighted by atomic mass is 19.4. The summed E-state index contributed by atoms with van der Waals surface area (Å²) in [5.41, 5.74) is -1.32. The molecule has 11 heteroatoms. The second-order valence-corrected chi connectivity index (χ2v) is 6.61. The number of benzene rings is 2. The van der Waals surface area contributed by atoms with Gasteiger partial charge < -0.3 is 10.2 Å². The third-order valence-corrected chi connectivity index (χ3v) is 4.42. The van der Waals surface area contributed by atoms with Crippen molar-refractivity contribution >= 4 is 11.8 Å². The highest BCUT2D eigenvalue weighted by Crippen LogP contribution is 2.33. The molecule has 0 bridgehead atoms. The van der Waals surface area contributed by atoms with Gasteiger partial charge in [-0.2, -0.15) is 13.2 Å². The fourth-order valence-corrected chi connectivity index (χ4v) is 2.88. The molecule has 0 saturated carbocycles. The number of carbonyl (C=O) groups excluding carboxylic acids is 2. The average molecular weight is 435 g/mol. The maximum atomic E-state index is 13.7. The lowest BCUT2D eigenvalue weighted by molar-refractivity contribution is -0.143. The van der Waals surface area contributed by atoms with E-state index in [1.165, 1.54) is 14.1 Å². The SMILES string of the molecule is CNC(=O)c1ccc(CN(C)C(=O)c2nnn(-c3ccc(F)cc3)c2C(F)(F)F)cc1. The van der Waals surface area contributed by atoms with E-state index in [2.05, 4.69) is 15.6 Å². The predicted molar refractivity (Wildman–Crippen MR) is 102 cm³/mol. The summed E-state index contributed by atoms with van der Waals surface area (Å²) in [5, 5.41) is 9.39. The van der Waals surface area contributed by atoms with Crippen molar-refractivity contribution in [2.75, 3.05) is 14.1 Å². The molecule has 2 amide bonds. The number of hydrogen-bond donors (Lipinski definition) is 1. The van der Waals surface area contributed by atoms with Crippen molar-refractivity contribution in [2.45, 2.75) is 12.7 Å². The molecule has 0 fully saturated rings. The molecular weight excluding hydrogens is 418 g/mol. The van der Waals surface area contributed by atoms with E-state index in [4.69, 9.17) is 0 Å². The van der Waals surface area contributed by atoms with Crippen molar-refractivity contribution in [3.05, 3.63) is 76.9 Å². The summed E-state index contributed by atoms with van der Waals surface area (Å²) in [7, 11) is 2.81. The standard InChI is InChI=1S/C20H17F4N5O2/c1-25-18(30)13-5-3-12(4-6-13)11-28(2)19(31)16-17(20(22,23)24)29(27-26-16)15-9-7-14(21)8-10-15/h3-10H,11H2,1-2H3,(H,25,30). The molecule has 0 aliphatic rings. The average Bonchev–Trinajstić information content (AvgIpc) is 3.19. The van der Waals surface area contributed by atoms with Crippen LogP contribution in [0.2, 0.25) is 0 Å². The normalized spacial score (nSPS) is 11.3. The monoisotopic (exact) mass is 435 g/mol. The van der Waals surface area contributed by atoms with Gasteiger partial charge in [-0.25, -0.2) is 9.07 Å². The third-order valence-electron chi connectivity index (χ3n) is 4.42. The first kappa shape index (κ1) is 21.9. The van der Waals surface area contributed by atoms with Crippen molar-refractivity contribution in [3.8, 4) is 5.69 Å².